The van der Waals surface area contributed by atoms with E-state index in [-0.39, 0.29) is 5.25 Å². The van der Waals surface area contributed by atoms with Crippen molar-refractivity contribution in [1.82, 2.24) is 10.0 Å². The molecule has 3 nitrogen and oxygen atoms in total. The molecule has 12 heavy (non-hydrogen) atoms. The Kier molecular flexibility index (Phi) is 4.35. The molecular weight excluding hydrogens is 172 g/mol. The van der Waals surface area contributed by atoms with Crippen LogP contribution < -0.4 is 10.0 Å². The Morgan fingerprint density at radius 2 is 2.00 bits per heavy atom. The van der Waals surface area contributed by atoms with Gasteiger partial charge in [0.15, 0.2) is 0 Å². The predicted molar refractivity (Wildman–Crippen MR) is 52.3 cm³/mol. The molecule has 0 aromatic heterocycles. The molecular formula is C8H18N2OS. The van der Waals surface area contributed by atoms with Crippen LogP contribution in [-0.4, -0.2) is 28.9 Å². The first-order valence-corrected chi connectivity index (χ1v) is 5.79. The fourth-order valence-electron chi connectivity index (χ4n) is 1.24. The molecule has 1 rings (SSSR count). The number of nitrogens with one attached hydrogen (secondary N) is 2. The van der Waals surface area contributed by atoms with E-state index in [4.69, 9.17) is 0 Å². The van der Waals surface area contributed by atoms with Gasteiger partial charge in [-0.25, -0.2) is 0 Å². The van der Waals surface area contributed by atoms with Gasteiger partial charge in [-0.2, -0.15) is 0 Å². The molecule has 0 aromatic rings. The van der Waals surface area contributed by atoms with Crippen LogP contribution in [0, 0.1) is 0 Å². The summed E-state index contributed by atoms with van der Waals surface area (Å²) in [5.74, 6) is 0. The Bertz CT molecular complexity index is 126. The Hall–Kier alpha value is 0.230. The molecule has 0 spiro atoms. The molecule has 0 radical (unpaired) electrons. The summed E-state index contributed by atoms with van der Waals surface area (Å²) in [5, 5.41) is 3.50. The van der Waals surface area contributed by atoms with E-state index < -0.39 is 11.4 Å². The summed E-state index contributed by atoms with van der Waals surface area (Å²) in [6, 6.07) is 0.453. The van der Waals surface area contributed by atoms with Crippen molar-refractivity contribution >= 4 is 11.4 Å². The highest BCUT2D eigenvalue weighted by Gasteiger charge is 2.20. The second-order valence-corrected chi connectivity index (χ2v) is 5.26. The lowest BCUT2D eigenvalue weighted by Crippen LogP contribution is -2.44. The summed E-state index contributed by atoms with van der Waals surface area (Å²) in [5.41, 5.74) is 0. The molecule has 1 fully saturated rings. The average molecular weight is 190 g/mol. The summed E-state index contributed by atoms with van der Waals surface area (Å²) < 4.78 is 14.5. The largest absolute Gasteiger partial charge is 0.598 e. The van der Waals surface area contributed by atoms with Crippen molar-refractivity contribution in [2.24, 2.45) is 0 Å². The fourth-order valence-corrected chi connectivity index (χ4v) is 2.08. The van der Waals surface area contributed by atoms with E-state index in [0.29, 0.717) is 6.04 Å². The van der Waals surface area contributed by atoms with Crippen molar-refractivity contribution in [3.8, 4) is 0 Å². The Labute approximate surface area is 77.6 Å². The second-order valence-electron chi connectivity index (χ2n) is 3.49. The number of hydrogen-bond acceptors (Lipinski definition) is 3. The van der Waals surface area contributed by atoms with Crippen LogP contribution in [0.4, 0.5) is 0 Å². The van der Waals surface area contributed by atoms with Crippen LogP contribution in [0.1, 0.15) is 26.7 Å². The Balaban J connectivity index is 2.20. The monoisotopic (exact) mass is 190 g/mol. The smallest absolute Gasteiger partial charge is 0.129 e. The van der Waals surface area contributed by atoms with Crippen LogP contribution in [0.2, 0.25) is 0 Å². The van der Waals surface area contributed by atoms with Crippen LogP contribution in [0.15, 0.2) is 0 Å². The van der Waals surface area contributed by atoms with E-state index in [2.05, 4.69) is 10.0 Å². The second kappa shape index (κ2) is 5.07. The Morgan fingerprint density at radius 3 is 2.50 bits per heavy atom. The van der Waals surface area contributed by atoms with Crippen molar-refractivity contribution < 1.29 is 4.55 Å². The van der Waals surface area contributed by atoms with Crippen molar-refractivity contribution in [2.45, 2.75) is 38.0 Å². The van der Waals surface area contributed by atoms with Gasteiger partial charge >= 0.3 is 0 Å². The molecule has 0 saturated carbocycles. The van der Waals surface area contributed by atoms with Crippen molar-refractivity contribution in [3.05, 3.63) is 0 Å². The van der Waals surface area contributed by atoms with E-state index in [1.807, 2.05) is 13.8 Å². The number of rotatable bonds is 3. The van der Waals surface area contributed by atoms with Crippen LogP contribution in [0.3, 0.4) is 0 Å². The minimum Gasteiger partial charge on any atom is -0.598 e. The summed E-state index contributed by atoms with van der Waals surface area (Å²) in [7, 11) is 0. The molecule has 1 aliphatic rings. The van der Waals surface area contributed by atoms with Crippen molar-refractivity contribution in [1.29, 1.82) is 0 Å². The third kappa shape index (κ3) is 3.31. The van der Waals surface area contributed by atoms with E-state index in [9.17, 15) is 4.55 Å². The third-order valence-corrected chi connectivity index (χ3v) is 3.47. The minimum absolute atomic E-state index is 0.222. The number of hydrogen-bond donors (Lipinski definition) is 2. The van der Waals surface area contributed by atoms with Gasteiger partial charge in [-0.05, 0) is 39.8 Å². The van der Waals surface area contributed by atoms with Gasteiger partial charge in [-0.1, -0.05) is 0 Å². The zero-order valence-corrected chi connectivity index (χ0v) is 8.62. The highest BCUT2D eigenvalue weighted by atomic mass is 32.2. The van der Waals surface area contributed by atoms with Crippen LogP contribution in [-0.2, 0) is 11.4 Å². The highest BCUT2D eigenvalue weighted by molar-refractivity contribution is 7.90. The molecule has 1 saturated heterocycles. The molecule has 1 heterocycles. The molecule has 1 aliphatic heterocycles. The van der Waals surface area contributed by atoms with Crippen molar-refractivity contribution in [2.75, 3.05) is 13.1 Å². The topological polar surface area (TPSA) is 47.1 Å². The SMILES string of the molecule is CC(C)[S@+]([O-])NC1CCNCC1. The van der Waals surface area contributed by atoms with Gasteiger partial charge in [0.1, 0.15) is 5.25 Å². The molecule has 0 unspecified atom stereocenters. The molecule has 0 aliphatic carbocycles. The first-order chi connectivity index (χ1) is 5.70. The lowest BCUT2D eigenvalue weighted by Gasteiger charge is -2.25. The van der Waals surface area contributed by atoms with E-state index in [1.54, 1.807) is 0 Å². The van der Waals surface area contributed by atoms with Gasteiger partial charge in [0, 0.05) is 11.4 Å². The fraction of sp³-hybridized carbons (Fsp3) is 1.00. The van der Waals surface area contributed by atoms with Gasteiger partial charge < -0.3 is 9.87 Å². The van der Waals surface area contributed by atoms with Gasteiger partial charge in [0.05, 0.1) is 6.04 Å². The van der Waals surface area contributed by atoms with E-state index in [1.165, 1.54) is 0 Å². The standard InChI is InChI=1S/C8H18N2OS/c1-7(2)12(11)10-8-3-5-9-6-4-8/h7-10H,3-6H2,1-2H3/t12-/m0/s1. The van der Waals surface area contributed by atoms with Gasteiger partial charge in [-0.15, -0.1) is 4.72 Å². The highest BCUT2D eigenvalue weighted by Crippen LogP contribution is 2.06. The van der Waals surface area contributed by atoms with Gasteiger partial charge in [-0.3, -0.25) is 0 Å². The first-order valence-electron chi connectivity index (χ1n) is 4.57. The van der Waals surface area contributed by atoms with Crippen molar-refractivity contribution in [3.63, 3.8) is 0 Å². The maximum Gasteiger partial charge on any atom is 0.129 e. The quantitative estimate of drug-likeness (QED) is 0.633. The zero-order chi connectivity index (χ0) is 8.97. The zero-order valence-electron chi connectivity index (χ0n) is 7.80. The van der Waals surface area contributed by atoms with Gasteiger partial charge in [0.2, 0.25) is 0 Å². The molecule has 1 atom stereocenters. The maximum atomic E-state index is 11.4. The molecule has 0 aromatic carbocycles. The normalized spacial score (nSPS) is 23.0. The summed E-state index contributed by atoms with van der Waals surface area (Å²) in [6.07, 6.45) is 2.19. The van der Waals surface area contributed by atoms with E-state index in [0.717, 1.165) is 25.9 Å². The molecule has 2 N–H and O–H groups in total. The molecule has 4 heteroatoms. The molecule has 0 amide bonds. The van der Waals surface area contributed by atoms with Crippen LogP contribution in [0.5, 0.6) is 0 Å². The average Bonchev–Trinajstić information content (AvgIpc) is 2.06. The molecule has 72 valence electrons. The minimum atomic E-state index is -0.847. The lowest BCUT2D eigenvalue weighted by atomic mass is 10.1. The predicted octanol–water partition coefficient (Wildman–Crippen LogP) is 0.400. The summed E-state index contributed by atoms with van der Waals surface area (Å²) >= 11 is -0.847. The summed E-state index contributed by atoms with van der Waals surface area (Å²) in [4.78, 5) is 0. The first kappa shape index (κ1) is 10.3. The number of piperidine rings is 1. The van der Waals surface area contributed by atoms with Crippen LogP contribution >= 0.6 is 0 Å². The molecule has 0 bridgehead atoms. The lowest BCUT2D eigenvalue weighted by molar-refractivity contribution is 0.425. The third-order valence-electron chi connectivity index (χ3n) is 2.05. The van der Waals surface area contributed by atoms with E-state index >= 15 is 0 Å². The van der Waals surface area contributed by atoms with Gasteiger partial charge in [0.25, 0.3) is 0 Å². The maximum absolute atomic E-state index is 11.4. The summed E-state index contributed by atoms with van der Waals surface area (Å²) in [6.45, 7) is 6.05. The van der Waals surface area contributed by atoms with Crippen LogP contribution in [0.25, 0.3) is 0 Å². The Morgan fingerprint density at radius 1 is 1.42 bits per heavy atom.